The van der Waals surface area contributed by atoms with E-state index in [-0.39, 0.29) is 0 Å². The van der Waals surface area contributed by atoms with E-state index in [1.165, 1.54) is 22.3 Å². The average molecular weight is 326 g/mol. The van der Waals surface area contributed by atoms with Crippen molar-refractivity contribution in [1.29, 1.82) is 0 Å². The van der Waals surface area contributed by atoms with E-state index < -0.39 is 0 Å². The van der Waals surface area contributed by atoms with E-state index in [4.69, 9.17) is 0 Å². The maximum absolute atomic E-state index is 4.18. The van der Waals surface area contributed by atoms with Gasteiger partial charge in [0.2, 0.25) is 0 Å². The summed E-state index contributed by atoms with van der Waals surface area (Å²) in [4.78, 5) is 0. The van der Waals surface area contributed by atoms with Gasteiger partial charge in [0, 0.05) is 21.4 Å². The lowest BCUT2D eigenvalue weighted by Crippen LogP contribution is -2.12. The second-order valence-corrected chi connectivity index (χ2v) is 5.98. The van der Waals surface area contributed by atoms with Crippen molar-refractivity contribution >= 4 is 27.2 Å². The highest BCUT2D eigenvalue weighted by atomic mass is 79.9. The van der Waals surface area contributed by atoms with Gasteiger partial charge in [0.1, 0.15) is 0 Å². The second kappa shape index (κ2) is 5.29. The smallest absolute Gasteiger partial charge is 0.0461 e. The molecule has 0 saturated heterocycles. The van der Waals surface area contributed by atoms with E-state index in [2.05, 4.69) is 77.2 Å². The summed E-state index contributed by atoms with van der Waals surface area (Å²) in [6, 6.07) is 16.8. The standard InChI is InChI=1S/C18H16BrN/c1-12-16(10-14-6-4-3-5-7-14)13(2)20-18-9-8-15(19)11-17(12)18/h3-9,11,20H,2,10H2,1H3. The molecule has 0 atom stereocenters. The zero-order valence-corrected chi connectivity index (χ0v) is 13.0. The van der Waals surface area contributed by atoms with Gasteiger partial charge >= 0.3 is 0 Å². The second-order valence-electron chi connectivity index (χ2n) is 5.06. The van der Waals surface area contributed by atoms with Crippen molar-refractivity contribution in [3.63, 3.8) is 0 Å². The monoisotopic (exact) mass is 325 g/mol. The first kappa shape index (κ1) is 13.2. The van der Waals surface area contributed by atoms with Crippen molar-refractivity contribution in [2.75, 3.05) is 5.32 Å². The first-order chi connectivity index (χ1) is 9.65. The summed E-state index contributed by atoms with van der Waals surface area (Å²) >= 11 is 3.55. The first-order valence-corrected chi connectivity index (χ1v) is 7.44. The fourth-order valence-corrected chi connectivity index (χ4v) is 2.96. The van der Waals surface area contributed by atoms with Crippen LogP contribution in [0.4, 0.5) is 5.69 Å². The summed E-state index contributed by atoms with van der Waals surface area (Å²) in [7, 11) is 0. The van der Waals surface area contributed by atoms with Crippen molar-refractivity contribution in [2.45, 2.75) is 13.3 Å². The summed E-state index contributed by atoms with van der Waals surface area (Å²) in [5, 5.41) is 3.41. The molecule has 1 aliphatic heterocycles. The summed E-state index contributed by atoms with van der Waals surface area (Å²) in [6.07, 6.45) is 0.907. The molecule has 0 aromatic heterocycles. The minimum absolute atomic E-state index is 0.907. The van der Waals surface area contributed by atoms with Gasteiger partial charge in [-0.2, -0.15) is 0 Å². The Labute approximate surface area is 128 Å². The highest BCUT2D eigenvalue weighted by Gasteiger charge is 2.18. The summed E-state index contributed by atoms with van der Waals surface area (Å²) in [5.74, 6) is 0. The van der Waals surface area contributed by atoms with E-state index >= 15 is 0 Å². The van der Waals surface area contributed by atoms with Crippen molar-refractivity contribution in [2.24, 2.45) is 0 Å². The fraction of sp³-hybridized carbons (Fsp3) is 0.111. The van der Waals surface area contributed by atoms with Crippen LogP contribution >= 0.6 is 15.9 Å². The molecule has 2 aromatic carbocycles. The molecule has 20 heavy (non-hydrogen) atoms. The van der Waals surface area contributed by atoms with Gasteiger partial charge in [0.05, 0.1) is 0 Å². The molecule has 0 spiro atoms. The molecule has 0 fully saturated rings. The summed E-state index contributed by atoms with van der Waals surface area (Å²) in [6.45, 7) is 6.36. The molecule has 3 rings (SSSR count). The van der Waals surface area contributed by atoms with E-state index in [9.17, 15) is 0 Å². The topological polar surface area (TPSA) is 12.0 Å². The summed E-state index contributed by atoms with van der Waals surface area (Å²) < 4.78 is 1.10. The number of hydrogen-bond donors (Lipinski definition) is 1. The van der Waals surface area contributed by atoms with Crippen molar-refractivity contribution in [3.8, 4) is 0 Å². The Morgan fingerprint density at radius 3 is 2.60 bits per heavy atom. The number of hydrogen-bond acceptors (Lipinski definition) is 1. The highest BCUT2D eigenvalue weighted by molar-refractivity contribution is 9.10. The highest BCUT2D eigenvalue weighted by Crippen LogP contribution is 2.37. The molecule has 2 heteroatoms. The molecule has 100 valence electrons. The molecule has 1 nitrogen and oxygen atoms in total. The Bertz CT molecular complexity index is 699. The van der Waals surface area contributed by atoms with Crippen molar-refractivity contribution in [1.82, 2.24) is 0 Å². The Balaban J connectivity index is 2.05. The third-order valence-corrected chi connectivity index (χ3v) is 4.21. The molecular weight excluding hydrogens is 310 g/mol. The number of fused-ring (bicyclic) bond motifs is 1. The van der Waals surface area contributed by atoms with Gasteiger partial charge < -0.3 is 5.32 Å². The Morgan fingerprint density at radius 1 is 1.10 bits per heavy atom. The van der Waals surface area contributed by atoms with Gasteiger partial charge in [-0.25, -0.2) is 0 Å². The average Bonchev–Trinajstić information content (AvgIpc) is 2.46. The van der Waals surface area contributed by atoms with Gasteiger partial charge in [-0.15, -0.1) is 0 Å². The fourth-order valence-electron chi connectivity index (χ4n) is 2.60. The first-order valence-electron chi connectivity index (χ1n) is 6.65. The number of nitrogens with one attached hydrogen (secondary N) is 1. The maximum Gasteiger partial charge on any atom is 0.0461 e. The Hall–Kier alpha value is -1.80. The van der Waals surface area contributed by atoms with Crippen molar-refractivity contribution in [3.05, 3.63) is 82.0 Å². The normalized spacial score (nSPS) is 14.0. The van der Waals surface area contributed by atoms with Crippen LogP contribution in [0.2, 0.25) is 0 Å². The number of anilines is 1. The molecule has 0 aliphatic carbocycles. The molecule has 0 amide bonds. The zero-order valence-electron chi connectivity index (χ0n) is 11.4. The molecule has 1 heterocycles. The minimum Gasteiger partial charge on any atom is -0.355 e. The van der Waals surface area contributed by atoms with Crippen LogP contribution in [0.3, 0.4) is 0 Å². The zero-order chi connectivity index (χ0) is 14.1. The van der Waals surface area contributed by atoms with Crippen LogP contribution in [0, 0.1) is 0 Å². The molecule has 2 aromatic rings. The third kappa shape index (κ3) is 2.44. The van der Waals surface area contributed by atoms with E-state index in [1.807, 2.05) is 6.07 Å². The molecule has 1 N–H and O–H groups in total. The lowest BCUT2D eigenvalue weighted by Gasteiger charge is -2.25. The lowest BCUT2D eigenvalue weighted by atomic mass is 9.90. The van der Waals surface area contributed by atoms with Gasteiger partial charge in [-0.1, -0.05) is 52.8 Å². The van der Waals surface area contributed by atoms with Crippen LogP contribution in [0.25, 0.3) is 5.57 Å². The predicted molar refractivity (Wildman–Crippen MR) is 89.6 cm³/mol. The minimum atomic E-state index is 0.907. The Kier molecular flexibility index (Phi) is 3.49. The third-order valence-electron chi connectivity index (χ3n) is 3.71. The van der Waals surface area contributed by atoms with Crippen molar-refractivity contribution < 1.29 is 0 Å². The number of allylic oxidation sites excluding steroid dienone is 2. The van der Waals surface area contributed by atoms with Gasteiger partial charge in [0.15, 0.2) is 0 Å². The van der Waals surface area contributed by atoms with Crippen LogP contribution in [0.15, 0.2) is 70.9 Å². The molecule has 0 saturated carbocycles. The molecule has 0 bridgehead atoms. The van der Waals surface area contributed by atoms with Gasteiger partial charge in [-0.05, 0) is 48.3 Å². The number of rotatable bonds is 2. The molecule has 0 radical (unpaired) electrons. The lowest BCUT2D eigenvalue weighted by molar-refractivity contribution is 1.13. The van der Waals surface area contributed by atoms with E-state index in [0.29, 0.717) is 0 Å². The number of benzene rings is 2. The van der Waals surface area contributed by atoms with Crippen LogP contribution < -0.4 is 5.32 Å². The van der Waals surface area contributed by atoms with Gasteiger partial charge in [0.25, 0.3) is 0 Å². The van der Waals surface area contributed by atoms with E-state index in [0.717, 1.165) is 22.3 Å². The largest absolute Gasteiger partial charge is 0.355 e. The maximum atomic E-state index is 4.18. The quantitative estimate of drug-likeness (QED) is 0.779. The van der Waals surface area contributed by atoms with Crippen LogP contribution in [0.5, 0.6) is 0 Å². The van der Waals surface area contributed by atoms with E-state index in [1.54, 1.807) is 0 Å². The molecule has 0 unspecified atom stereocenters. The van der Waals surface area contributed by atoms with Crippen LogP contribution in [-0.2, 0) is 6.42 Å². The van der Waals surface area contributed by atoms with Gasteiger partial charge in [-0.3, -0.25) is 0 Å². The van der Waals surface area contributed by atoms with Crippen LogP contribution in [0.1, 0.15) is 18.1 Å². The Morgan fingerprint density at radius 2 is 1.85 bits per heavy atom. The predicted octanol–water partition coefficient (Wildman–Crippen LogP) is 5.40. The SMILES string of the molecule is C=C1Nc2ccc(Br)cc2C(C)=C1Cc1ccccc1. The molecular formula is C18H16BrN. The summed E-state index contributed by atoms with van der Waals surface area (Å²) in [5.41, 5.74) is 7.27. The molecule has 1 aliphatic rings. The van der Waals surface area contributed by atoms with Crippen LogP contribution in [-0.4, -0.2) is 0 Å². The number of halogens is 1.